The molecule has 0 atom stereocenters. The number of ether oxygens (including phenoxy) is 1. The van der Waals surface area contributed by atoms with E-state index in [0.717, 1.165) is 36.5 Å². The van der Waals surface area contributed by atoms with Gasteiger partial charge in [0.15, 0.2) is 0 Å². The third kappa shape index (κ3) is 3.32. The van der Waals surface area contributed by atoms with Gasteiger partial charge in [0.05, 0.1) is 24.6 Å². The van der Waals surface area contributed by atoms with Crippen LogP contribution in [0.4, 0.5) is 0 Å². The van der Waals surface area contributed by atoms with Crippen LogP contribution in [0.15, 0.2) is 60.7 Å². The maximum atomic E-state index is 5.68. The molecule has 2 aromatic carbocycles. The van der Waals surface area contributed by atoms with E-state index in [-0.39, 0.29) is 0 Å². The van der Waals surface area contributed by atoms with Crippen molar-refractivity contribution in [3.8, 4) is 11.3 Å². The van der Waals surface area contributed by atoms with E-state index in [0.29, 0.717) is 13.2 Å². The first-order valence-electron chi connectivity index (χ1n) is 9.51. The Hall–Kier alpha value is -2.75. The van der Waals surface area contributed by atoms with Crippen molar-refractivity contribution in [1.82, 2.24) is 10.3 Å². The number of rotatable bonds is 5. The largest absolute Gasteiger partial charge is 0.372 e. The molecule has 5 rings (SSSR count). The Bertz CT molecular complexity index is 1010. The van der Waals surface area contributed by atoms with Crippen molar-refractivity contribution in [2.45, 2.75) is 32.7 Å². The second-order valence-electron chi connectivity index (χ2n) is 7.20. The van der Waals surface area contributed by atoms with Crippen molar-refractivity contribution in [2.75, 3.05) is 0 Å². The maximum absolute atomic E-state index is 5.68. The van der Waals surface area contributed by atoms with Gasteiger partial charge in [-0.1, -0.05) is 60.7 Å². The normalized spacial score (nSPS) is 14.4. The smallest absolute Gasteiger partial charge is 0.0764 e. The number of pyridine rings is 1. The monoisotopic (exact) mass is 354 g/mol. The average Bonchev–Trinajstić information content (AvgIpc) is 3.37. The van der Waals surface area contributed by atoms with Crippen LogP contribution in [-0.4, -0.2) is 4.98 Å². The maximum Gasteiger partial charge on any atom is 0.0764 e. The summed E-state index contributed by atoms with van der Waals surface area (Å²) < 4.78 is 5.68. The van der Waals surface area contributed by atoms with Gasteiger partial charge in [-0.05, 0) is 34.7 Å². The molecule has 0 saturated carbocycles. The van der Waals surface area contributed by atoms with Crippen LogP contribution in [0.3, 0.4) is 0 Å². The number of nitrogens with one attached hydrogen (secondary N) is 1. The highest BCUT2D eigenvalue weighted by atomic mass is 16.5. The number of aromatic nitrogens is 1. The Morgan fingerprint density at radius 1 is 0.926 bits per heavy atom. The third-order valence-electron chi connectivity index (χ3n) is 5.30. The van der Waals surface area contributed by atoms with Crippen LogP contribution in [0, 0.1) is 0 Å². The molecule has 1 aromatic heterocycles. The highest BCUT2D eigenvalue weighted by Gasteiger charge is 2.19. The fourth-order valence-electron chi connectivity index (χ4n) is 3.91. The Kier molecular flexibility index (Phi) is 4.32. The Labute approximate surface area is 159 Å². The fourth-order valence-corrected chi connectivity index (χ4v) is 3.91. The van der Waals surface area contributed by atoms with E-state index in [4.69, 9.17) is 9.72 Å². The third-order valence-corrected chi connectivity index (χ3v) is 5.30. The molecule has 0 fully saturated rings. The molecule has 2 heterocycles. The van der Waals surface area contributed by atoms with Gasteiger partial charge >= 0.3 is 0 Å². The summed E-state index contributed by atoms with van der Waals surface area (Å²) in [7, 11) is 0. The van der Waals surface area contributed by atoms with Gasteiger partial charge in [0.1, 0.15) is 0 Å². The molecule has 0 spiro atoms. The average molecular weight is 354 g/mol. The first-order valence-corrected chi connectivity index (χ1v) is 9.51. The van der Waals surface area contributed by atoms with Gasteiger partial charge in [0.25, 0.3) is 0 Å². The van der Waals surface area contributed by atoms with Crippen LogP contribution in [0.25, 0.3) is 17.3 Å². The minimum atomic E-state index is 0.656. The van der Waals surface area contributed by atoms with Crippen molar-refractivity contribution in [3.63, 3.8) is 0 Å². The highest BCUT2D eigenvalue weighted by molar-refractivity contribution is 5.65. The first kappa shape index (κ1) is 16.4. The van der Waals surface area contributed by atoms with E-state index in [9.17, 15) is 0 Å². The van der Waals surface area contributed by atoms with Gasteiger partial charge < -0.3 is 10.1 Å². The lowest BCUT2D eigenvalue weighted by atomic mass is 10.0. The van der Waals surface area contributed by atoms with Crippen molar-refractivity contribution in [2.24, 2.45) is 0 Å². The standard InChI is InChI=1S/C24H22N2O/c1-2-5-19(6-3-1)24-23-16-27-15-21(23)12-22(26-24)14-25-13-17-9-10-18-7-4-8-20(18)11-17/h1-6,8-12,25H,7,13-16H2. The van der Waals surface area contributed by atoms with Gasteiger partial charge in [0, 0.05) is 24.2 Å². The quantitative estimate of drug-likeness (QED) is 0.725. The highest BCUT2D eigenvalue weighted by Crippen LogP contribution is 2.30. The minimum Gasteiger partial charge on any atom is -0.372 e. The summed E-state index contributed by atoms with van der Waals surface area (Å²) >= 11 is 0. The minimum absolute atomic E-state index is 0.656. The second kappa shape index (κ2) is 7.10. The van der Waals surface area contributed by atoms with Crippen LogP contribution in [-0.2, 0) is 37.5 Å². The lowest BCUT2D eigenvalue weighted by molar-refractivity contribution is 0.134. The molecule has 3 heteroatoms. The van der Waals surface area contributed by atoms with Crippen LogP contribution in [0.5, 0.6) is 0 Å². The fraction of sp³-hybridized carbons (Fsp3) is 0.208. The lowest BCUT2D eigenvalue weighted by Gasteiger charge is -2.11. The lowest BCUT2D eigenvalue weighted by Crippen LogP contribution is -2.14. The molecule has 0 amide bonds. The van der Waals surface area contributed by atoms with Crippen molar-refractivity contribution in [3.05, 3.63) is 94.2 Å². The summed E-state index contributed by atoms with van der Waals surface area (Å²) in [5.41, 5.74) is 9.88. The molecular weight excluding hydrogens is 332 g/mol. The molecular formula is C24H22N2O. The number of allylic oxidation sites excluding steroid dienone is 1. The first-order chi connectivity index (χ1) is 13.4. The van der Waals surface area contributed by atoms with Gasteiger partial charge in [-0.2, -0.15) is 0 Å². The van der Waals surface area contributed by atoms with Crippen LogP contribution in [0.1, 0.15) is 33.5 Å². The van der Waals surface area contributed by atoms with E-state index in [2.05, 4.69) is 66.0 Å². The van der Waals surface area contributed by atoms with E-state index in [1.54, 1.807) is 0 Å². The SMILES string of the molecule is C1=Cc2cc(CNCc3cc4c(c(-c5ccccc5)n3)COC4)ccc2C1. The molecule has 0 unspecified atom stereocenters. The van der Waals surface area contributed by atoms with Crippen LogP contribution < -0.4 is 5.32 Å². The van der Waals surface area contributed by atoms with Gasteiger partial charge in [0.2, 0.25) is 0 Å². The zero-order valence-electron chi connectivity index (χ0n) is 15.2. The number of hydrogen-bond acceptors (Lipinski definition) is 3. The zero-order valence-corrected chi connectivity index (χ0v) is 15.2. The number of hydrogen-bond donors (Lipinski definition) is 1. The predicted molar refractivity (Wildman–Crippen MR) is 108 cm³/mol. The molecule has 2 aliphatic rings. The van der Waals surface area contributed by atoms with Crippen molar-refractivity contribution in [1.29, 1.82) is 0 Å². The van der Waals surface area contributed by atoms with Crippen LogP contribution in [0.2, 0.25) is 0 Å². The summed E-state index contributed by atoms with van der Waals surface area (Å²) in [5.74, 6) is 0. The molecule has 3 aromatic rings. The summed E-state index contributed by atoms with van der Waals surface area (Å²) in [6, 6.07) is 19.3. The predicted octanol–water partition coefficient (Wildman–Crippen LogP) is 4.64. The topological polar surface area (TPSA) is 34.2 Å². The van der Waals surface area contributed by atoms with Gasteiger partial charge in [-0.15, -0.1) is 0 Å². The van der Waals surface area contributed by atoms with E-state index < -0.39 is 0 Å². The van der Waals surface area contributed by atoms with Crippen molar-refractivity contribution >= 4 is 6.08 Å². The van der Waals surface area contributed by atoms with Crippen LogP contribution >= 0.6 is 0 Å². The molecule has 27 heavy (non-hydrogen) atoms. The molecule has 3 nitrogen and oxygen atoms in total. The van der Waals surface area contributed by atoms with Gasteiger partial charge in [-0.25, -0.2) is 0 Å². The summed E-state index contributed by atoms with van der Waals surface area (Å²) in [5, 5.41) is 3.55. The van der Waals surface area contributed by atoms with E-state index in [1.165, 1.54) is 27.8 Å². The zero-order chi connectivity index (χ0) is 18.1. The van der Waals surface area contributed by atoms with Gasteiger partial charge in [-0.3, -0.25) is 4.98 Å². The molecule has 1 aliphatic carbocycles. The Morgan fingerprint density at radius 2 is 1.85 bits per heavy atom. The molecule has 0 radical (unpaired) electrons. The van der Waals surface area contributed by atoms with E-state index >= 15 is 0 Å². The number of nitrogens with zero attached hydrogens (tertiary/aromatic N) is 1. The van der Waals surface area contributed by atoms with Crippen molar-refractivity contribution < 1.29 is 4.74 Å². The molecule has 0 bridgehead atoms. The summed E-state index contributed by atoms with van der Waals surface area (Å²) in [4.78, 5) is 4.95. The summed E-state index contributed by atoms with van der Waals surface area (Å²) in [6.07, 6.45) is 5.50. The molecule has 1 aliphatic heterocycles. The summed E-state index contributed by atoms with van der Waals surface area (Å²) in [6.45, 7) is 2.93. The number of benzene rings is 2. The second-order valence-corrected chi connectivity index (χ2v) is 7.20. The Morgan fingerprint density at radius 3 is 2.78 bits per heavy atom. The molecule has 1 N–H and O–H groups in total. The van der Waals surface area contributed by atoms with E-state index in [1.807, 2.05) is 6.07 Å². The molecule has 134 valence electrons. The molecule has 0 saturated heterocycles. The Balaban J connectivity index is 1.34. The number of fused-ring (bicyclic) bond motifs is 2.